The third-order valence-corrected chi connectivity index (χ3v) is 5.41. The highest BCUT2D eigenvalue weighted by molar-refractivity contribution is 5.58. The molecule has 0 aliphatic heterocycles. The SMILES string of the molecule is CCCCCCCCN(C)c1cccc(N(C)CCCCCCCC)c1. The van der Waals surface area contributed by atoms with Gasteiger partial charge in [-0.3, -0.25) is 0 Å². The fourth-order valence-electron chi connectivity index (χ4n) is 3.48. The second kappa shape index (κ2) is 14.9. The largest absolute Gasteiger partial charge is 0.375 e. The van der Waals surface area contributed by atoms with Gasteiger partial charge in [-0.2, -0.15) is 0 Å². The van der Waals surface area contributed by atoms with Crippen molar-refractivity contribution in [2.24, 2.45) is 0 Å². The smallest absolute Gasteiger partial charge is 0.0384 e. The Labute approximate surface area is 164 Å². The molecule has 0 saturated heterocycles. The van der Waals surface area contributed by atoms with Crippen molar-refractivity contribution in [3.05, 3.63) is 24.3 Å². The molecule has 0 atom stereocenters. The van der Waals surface area contributed by atoms with Crippen LogP contribution in [0.4, 0.5) is 11.4 Å². The highest BCUT2D eigenvalue weighted by atomic mass is 15.1. The summed E-state index contributed by atoms with van der Waals surface area (Å²) in [5.41, 5.74) is 2.71. The standard InChI is InChI=1S/C24H44N2/c1-5-7-9-11-13-15-20-25(3)23-18-17-19-24(22-23)26(4)21-16-14-12-10-8-6-2/h17-19,22H,5-16,20-21H2,1-4H3. The zero-order valence-corrected chi connectivity index (χ0v) is 18.1. The van der Waals surface area contributed by atoms with E-state index >= 15 is 0 Å². The topological polar surface area (TPSA) is 6.48 Å². The summed E-state index contributed by atoms with van der Waals surface area (Å²) in [7, 11) is 4.47. The Morgan fingerprint density at radius 3 is 1.38 bits per heavy atom. The molecule has 0 bridgehead atoms. The van der Waals surface area contributed by atoms with E-state index in [-0.39, 0.29) is 0 Å². The van der Waals surface area contributed by atoms with Crippen LogP contribution in [0, 0.1) is 0 Å². The summed E-state index contributed by atoms with van der Waals surface area (Å²) >= 11 is 0. The summed E-state index contributed by atoms with van der Waals surface area (Å²) in [5.74, 6) is 0. The minimum absolute atomic E-state index is 1.16. The molecule has 1 aromatic carbocycles. The van der Waals surface area contributed by atoms with E-state index in [1.54, 1.807) is 0 Å². The van der Waals surface area contributed by atoms with Gasteiger partial charge in [-0.15, -0.1) is 0 Å². The molecule has 0 unspecified atom stereocenters. The summed E-state index contributed by atoms with van der Waals surface area (Å²) in [6.45, 7) is 6.89. The first-order chi connectivity index (χ1) is 12.7. The summed E-state index contributed by atoms with van der Waals surface area (Å²) in [4.78, 5) is 4.84. The van der Waals surface area contributed by atoms with Crippen LogP contribution in [0.15, 0.2) is 24.3 Å². The monoisotopic (exact) mass is 360 g/mol. The van der Waals surface area contributed by atoms with Gasteiger partial charge in [-0.25, -0.2) is 0 Å². The van der Waals surface area contributed by atoms with Gasteiger partial charge < -0.3 is 9.80 Å². The number of unbranched alkanes of at least 4 members (excludes halogenated alkanes) is 10. The predicted octanol–water partition coefficient (Wildman–Crippen LogP) is 7.28. The van der Waals surface area contributed by atoms with Crippen LogP contribution >= 0.6 is 0 Å². The molecule has 0 radical (unpaired) electrons. The van der Waals surface area contributed by atoms with E-state index in [2.05, 4.69) is 62.0 Å². The van der Waals surface area contributed by atoms with Gasteiger partial charge in [0, 0.05) is 38.6 Å². The van der Waals surface area contributed by atoms with Gasteiger partial charge in [0.1, 0.15) is 0 Å². The lowest BCUT2D eigenvalue weighted by Gasteiger charge is -2.24. The molecule has 2 heteroatoms. The lowest BCUT2D eigenvalue weighted by molar-refractivity contribution is 0.605. The first-order valence-electron chi connectivity index (χ1n) is 11.2. The minimum Gasteiger partial charge on any atom is -0.375 e. The maximum Gasteiger partial charge on any atom is 0.0384 e. The Hall–Kier alpha value is -1.18. The Bertz CT molecular complexity index is 406. The third-order valence-electron chi connectivity index (χ3n) is 5.41. The number of hydrogen-bond donors (Lipinski definition) is 0. The molecule has 150 valence electrons. The highest BCUT2D eigenvalue weighted by Gasteiger charge is 2.05. The summed E-state index contributed by atoms with van der Waals surface area (Å²) < 4.78 is 0. The van der Waals surface area contributed by atoms with Gasteiger partial charge >= 0.3 is 0 Å². The normalized spacial score (nSPS) is 10.9. The molecule has 0 saturated carbocycles. The van der Waals surface area contributed by atoms with Crippen LogP contribution in [0.25, 0.3) is 0 Å². The molecule has 0 aromatic heterocycles. The minimum atomic E-state index is 1.16. The number of rotatable bonds is 16. The molecule has 0 amide bonds. The lowest BCUT2D eigenvalue weighted by atomic mass is 10.1. The quantitative estimate of drug-likeness (QED) is 0.286. The van der Waals surface area contributed by atoms with Crippen LogP contribution < -0.4 is 9.80 Å². The van der Waals surface area contributed by atoms with Crippen LogP contribution in [0.2, 0.25) is 0 Å². The first-order valence-corrected chi connectivity index (χ1v) is 11.2. The second-order valence-electron chi connectivity index (χ2n) is 7.90. The van der Waals surface area contributed by atoms with Crippen molar-refractivity contribution in [2.75, 3.05) is 37.0 Å². The fourth-order valence-corrected chi connectivity index (χ4v) is 3.48. The molecule has 0 heterocycles. The molecule has 1 rings (SSSR count). The average Bonchev–Trinajstić information content (AvgIpc) is 2.67. The molecule has 0 fully saturated rings. The third kappa shape index (κ3) is 10.1. The number of nitrogens with zero attached hydrogens (tertiary/aromatic N) is 2. The molecular weight excluding hydrogens is 316 g/mol. The van der Waals surface area contributed by atoms with Crippen molar-refractivity contribution in [1.82, 2.24) is 0 Å². The van der Waals surface area contributed by atoms with Crippen molar-refractivity contribution >= 4 is 11.4 Å². The van der Waals surface area contributed by atoms with E-state index in [1.807, 2.05) is 0 Å². The van der Waals surface area contributed by atoms with Crippen LogP contribution in [-0.2, 0) is 0 Å². The van der Waals surface area contributed by atoms with Crippen LogP contribution in [0.1, 0.15) is 90.9 Å². The number of hydrogen-bond acceptors (Lipinski definition) is 2. The van der Waals surface area contributed by atoms with E-state index in [9.17, 15) is 0 Å². The molecular formula is C24H44N2. The fraction of sp³-hybridized carbons (Fsp3) is 0.750. The summed E-state index contributed by atoms with van der Waals surface area (Å²) in [6, 6.07) is 9.06. The van der Waals surface area contributed by atoms with Gasteiger partial charge in [0.2, 0.25) is 0 Å². The number of anilines is 2. The van der Waals surface area contributed by atoms with E-state index in [4.69, 9.17) is 0 Å². The zero-order chi connectivity index (χ0) is 19.0. The van der Waals surface area contributed by atoms with Crippen LogP contribution in [0.5, 0.6) is 0 Å². The molecule has 0 spiro atoms. The highest BCUT2D eigenvalue weighted by Crippen LogP contribution is 2.22. The second-order valence-corrected chi connectivity index (χ2v) is 7.90. The van der Waals surface area contributed by atoms with E-state index in [0.717, 1.165) is 13.1 Å². The Morgan fingerprint density at radius 2 is 0.962 bits per heavy atom. The Kier molecular flexibility index (Phi) is 13.1. The van der Waals surface area contributed by atoms with Crippen molar-refractivity contribution in [3.63, 3.8) is 0 Å². The van der Waals surface area contributed by atoms with Crippen LogP contribution in [0.3, 0.4) is 0 Å². The zero-order valence-electron chi connectivity index (χ0n) is 18.1. The van der Waals surface area contributed by atoms with Crippen molar-refractivity contribution in [1.29, 1.82) is 0 Å². The lowest BCUT2D eigenvalue weighted by Crippen LogP contribution is -2.21. The average molecular weight is 361 g/mol. The van der Waals surface area contributed by atoms with E-state index < -0.39 is 0 Å². The predicted molar refractivity (Wildman–Crippen MR) is 120 cm³/mol. The van der Waals surface area contributed by atoms with Crippen LogP contribution in [-0.4, -0.2) is 27.2 Å². The molecule has 0 N–H and O–H groups in total. The first kappa shape index (κ1) is 22.9. The Morgan fingerprint density at radius 1 is 0.577 bits per heavy atom. The Balaban J connectivity index is 2.31. The van der Waals surface area contributed by atoms with E-state index in [0.29, 0.717) is 0 Å². The van der Waals surface area contributed by atoms with Crippen molar-refractivity contribution < 1.29 is 0 Å². The van der Waals surface area contributed by atoms with Crippen molar-refractivity contribution in [2.45, 2.75) is 90.9 Å². The summed E-state index contributed by atoms with van der Waals surface area (Å²) in [5, 5.41) is 0. The molecule has 0 aliphatic rings. The molecule has 0 aliphatic carbocycles. The molecule has 26 heavy (non-hydrogen) atoms. The van der Waals surface area contributed by atoms with Gasteiger partial charge in [0.15, 0.2) is 0 Å². The molecule has 1 aromatic rings. The number of benzene rings is 1. The van der Waals surface area contributed by atoms with Gasteiger partial charge in [0.05, 0.1) is 0 Å². The van der Waals surface area contributed by atoms with Gasteiger partial charge in [0.25, 0.3) is 0 Å². The van der Waals surface area contributed by atoms with E-state index in [1.165, 1.54) is 88.4 Å². The molecule has 2 nitrogen and oxygen atoms in total. The maximum absolute atomic E-state index is 2.42. The van der Waals surface area contributed by atoms with Gasteiger partial charge in [-0.05, 0) is 31.0 Å². The maximum atomic E-state index is 2.42. The summed E-state index contributed by atoms with van der Waals surface area (Å²) in [6.07, 6.45) is 16.4. The van der Waals surface area contributed by atoms with Crippen molar-refractivity contribution in [3.8, 4) is 0 Å². The van der Waals surface area contributed by atoms with Gasteiger partial charge in [-0.1, -0.05) is 84.1 Å².